The molecule has 0 saturated carbocycles. The highest BCUT2D eigenvalue weighted by Crippen LogP contribution is 2.21. The lowest BCUT2D eigenvalue weighted by Crippen LogP contribution is -2.23. The van der Waals surface area contributed by atoms with Crippen LogP contribution in [-0.4, -0.2) is 17.2 Å². The van der Waals surface area contributed by atoms with Crippen LogP contribution in [0.25, 0.3) is 0 Å². The fourth-order valence-electron chi connectivity index (χ4n) is 1.16. The van der Waals surface area contributed by atoms with Crippen LogP contribution in [0.5, 0.6) is 0 Å². The molecule has 0 aliphatic carbocycles. The second kappa shape index (κ2) is 2.95. The Labute approximate surface area is 65.7 Å². The molecule has 0 aromatic carbocycles. The maximum Gasteiger partial charge on any atom is 0.337 e. The van der Waals surface area contributed by atoms with E-state index in [1.54, 1.807) is 6.92 Å². The summed E-state index contributed by atoms with van der Waals surface area (Å²) in [4.78, 5) is 11.0. The van der Waals surface area contributed by atoms with E-state index in [1.165, 1.54) is 0 Å². The SMILES string of the molecule is CCC1=C(O)CC(C)OC1=O. The maximum absolute atomic E-state index is 11.0. The number of carbonyl (C=O) groups is 1. The number of esters is 1. The average Bonchev–Trinajstić information content (AvgIpc) is 1.85. The minimum atomic E-state index is -0.372. The first-order valence-electron chi connectivity index (χ1n) is 3.77. The molecule has 0 aromatic rings. The summed E-state index contributed by atoms with van der Waals surface area (Å²) >= 11 is 0. The van der Waals surface area contributed by atoms with Crippen molar-refractivity contribution in [2.75, 3.05) is 0 Å². The van der Waals surface area contributed by atoms with Crippen molar-refractivity contribution in [2.45, 2.75) is 32.8 Å². The minimum Gasteiger partial charge on any atom is -0.512 e. The molecule has 1 heterocycles. The first-order chi connectivity index (χ1) is 5.15. The predicted molar refractivity (Wildman–Crippen MR) is 40.1 cm³/mol. The van der Waals surface area contributed by atoms with E-state index in [9.17, 15) is 9.90 Å². The third kappa shape index (κ3) is 1.53. The fraction of sp³-hybridized carbons (Fsp3) is 0.625. The molecule has 0 spiro atoms. The number of hydrogen-bond acceptors (Lipinski definition) is 3. The van der Waals surface area contributed by atoms with Crippen molar-refractivity contribution in [1.29, 1.82) is 0 Å². The molecule has 1 unspecified atom stereocenters. The Morgan fingerprint density at radius 2 is 2.36 bits per heavy atom. The van der Waals surface area contributed by atoms with E-state index < -0.39 is 0 Å². The zero-order valence-corrected chi connectivity index (χ0v) is 6.76. The van der Waals surface area contributed by atoms with E-state index in [1.807, 2.05) is 6.92 Å². The molecule has 0 aromatic heterocycles. The summed E-state index contributed by atoms with van der Waals surface area (Å²) in [5, 5.41) is 9.29. The van der Waals surface area contributed by atoms with Gasteiger partial charge in [-0.3, -0.25) is 0 Å². The van der Waals surface area contributed by atoms with E-state index in [-0.39, 0.29) is 17.8 Å². The molecule has 0 bridgehead atoms. The van der Waals surface area contributed by atoms with E-state index in [0.29, 0.717) is 18.4 Å². The van der Waals surface area contributed by atoms with Crippen molar-refractivity contribution in [2.24, 2.45) is 0 Å². The van der Waals surface area contributed by atoms with E-state index in [4.69, 9.17) is 4.74 Å². The van der Waals surface area contributed by atoms with Crippen molar-refractivity contribution in [3.8, 4) is 0 Å². The van der Waals surface area contributed by atoms with Crippen LogP contribution in [0.3, 0.4) is 0 Å². The van der Waals surface area contributed by atoms with Gasteiger partial charge in [-0.05, 0) is 13.3 Å². The predicted octanol–water partition coefficient (Wildman–Crippen LogP) is 1.54. The van der Waals surface area contributed by atoms with E-state index >= 15 is 0 Å². The summed E-state index contributed by atoms with van der Waals surface area (Å²) in [7, 11) is 0. The minimum absolute atomic E-state index is 0.183. The molecule has 0 radical (unpaired) electrons. The molecule has 3 heteroatoms. The Kier molecular flexibility index (Phi) is 2.17. The van der Waals surface area contributed by atoms with Crippen molar-refractivity contribution in [3.63, 3.8) is 0 Å². The molecule has 1 atom stereocenters. The monoisotopic (exact) mass is 156 g/mol. The van der Waals surface area contributed by atoms with Crippen LogP contribution in [0, 0.1) is 0 Å². The standard InChI is InChI=1S/C8H12O3/c1-3-6-7(9)4-5(2)11-8(6)10/h5,9H,3-4H2,1-2H3. The molecular formula is C8H12O3. The Morgan fingerprint density at radius 1 is 1.73 bits per heavy atom. The topological polar surface area (TPSA) is 46.5 Å². The zero-order chi connectivity index (χ0) is 8.43. The highest BCUT2D eigenvalue weighted by molar-refractivity contribution is 5.89. The number of cyclic esters (lactones) is 1. The molecule has 0 saturated heterocycles. The zero-order valence-electron chi connectivity index (χ0n) is 6.76. The molecule has 1 aliphatic heterocycles. The summed E-state index contributed by atoms with van der Waals surface area (Å²) in [6.07, 6.45) is 0.810. The largest absolute Gasteiger partial charge is 0.512 e. The van der Waals surface area contributed by atoms with Gasteiger partial charge in [-0.25, -0.2) is 4.79 Å². The van der Waals surface area contributed by atoms with Crippen LogP contribution in [-0.2, 0) is 9.53 Å². The van der Waals surface area contributed by atoms with Crippen molar-refractivity contribution < 1.29 is 14.6 Å². The summed E-state index contributed by atoms with van der Waals surface area (Å²) in [6, 6.07) is 0. The smallest absolute Gasteiger partial charge is 0.337 e. The van der Waals surface area contributed by atoms with Crippen LogP contribution in [0.15, 0.2) is 11.3 Å². The van der Waals surface area contributed by atoms with Gasteiger partial charge in [-0.1, -0.05) is 6.92 Å². The van der Waals surface area contributed by atoms with E-state index in [2.05, 4.69) is 0 Å². The quantitative estimate of drug-likeness (QED) is 0.586. The summed E-state index contributed by atoms with van der Waals surface area (Å²) in [5.41, 5.74) is 0.420. The Balaban J connectivity index is 2.86. The third-order valence-corrected chi connectivity index (χ3v) is 1.74. The number of hydrogen-bond donors (Lipinski definition) is 1. The van der Waals surface area contributed by atoms with Gasteiger partial charge >= 0.3 is 5.97 Å². The molecule has 0 amide bonds. The Bertz CT molecular complexity index is 205. The number of rotatable bonds is 1. The van der Waals surface area contributed by atoms with Gasteiger partial charge in [0, 0.05) is 6.42 Å². The highest BCUT2D eigenvalue weighted by atomic mass is 16.5. The maximum atomic E-state index is 11.0. The molecular weight excluding hydrogens is 144 g/mol. The van der Waals surface area contributed by atoms with Crippen LogP contribution in [0.4, 0.5) is 0 Å². The number of carbonyl (C=O) groups excluding carboxylic acids is 1. The molecule has 1 N–H and O–H groups in total. The van der Waals surface area contributed by atoms with Gasteiger partial charge in [0.1, 0.15) is 11.9 Å². The van der Waals surface area contributed by atoms with Gasteiger partial charge in [0.25, 0.3) is 0 Å². The van der Waals surface area contributed by atoms with Gasteiger partial charge in [0.15, 0.2) is 0 Å². The lowest BCUT2D eigenvalue weighted by Gasteiger charge is -2.20. The lowest BCUT2D eigenvalue weighted by molar-refractivity contribution is -0.145. The summed E-state index contributed by atoms with van der Waals surface area (Å²) in [5.74, 6) is -0.181. The second-order valence-corrected chi connectivity index (χ2v) is 2.70. The van der Waals surface area contributed by atoms with E-state index in [0.717, 1.165) is 0 Å². The lowest BCUT2D eigenvalue weighted by atomic mass is 10.1. The summed E-state index contributed by atoms with van der Waals surface area (Å²) < 4.78 is 4.90. The molecule has 1 aliphatic rings. The highest BCUT2D eigenvalue weighted by Gasteiger charge is 2.24. The van der Waals surface area contributed by atoms with Crippen molar-refractivity contribution >= 4 is 5.97 Å². The first kappa shape index (κ1) is 8.11. The van der Waals surface area contributed by atoms with Crippen LogP contribution >= 0.6 is 0 Å². The van der Waals surface area contributed by atoms with Gasteiger partial charge < -0.3 is 9.84 Å². The number of ether oxygens (including phenoxy) is 1. The number of aliphatic hydroxyl groups excluding tert-OH is 1. The van der Waals surface area contributed by atoms with Crippen LogP contribution < -0.4 is 0 Å². The van der Waals surface area contributed by atoms with Gasteiger partial charge in [-0.15, -0.1) is 0 Å². The van der Waals surface area contributed by atoms with Crippen LogP contribution in [0.1, 0.15) is 26.7 Å². The van der Waals surface area contributed by atoms with Gasteiger partial charge in [0.2, 0.25) is 0 Å². The summed E-state index contributed by atoms with van der Waals surface area (Å²) in [6.45, 7) is 3.59. The number of aliphatic hydroxyl groups is 1. The second-order valence-electron chi connectivity index (χ2n) is 2.70. The first-order valence-corrected chi connectivity index (χ1v) is 3.77. The molecule has 3 nitrogen and oxygen atoms in total. The average molecular weight is 156 g/mol. The molecule has 11 heavy (non-hydrogen) atoms. The van der Waals surface area contributed by atoms with Crippen LogP contribution in [0.2, 0.25) is 0 Å². The fourth-order valence-corrected chi connectivity index (χ4v) is 1.16. The van der Waals surface area contributed by atoms with Crippen molar-refractivity contribution in [1.82, 2.24) is 0 Å². The van der Waals surface area contributed by atoms with Crippen molar-refractivity contribution in [3.05, 3.63) is 11.3 Å². The molecule has 0 fully saturated rings. The molecule has 62 valence electrons. The molecule has 1 rings (SSSR count). The Hall–Kier alpha value is -0.990. The third-order valence-electron chi connectivity index (χ3n) is 1.74. The Morgan fingerprint density at radius 3 is 2.82 bits per heavy atom. The van der Waals surface area contributed by atoms with Gasteiger partial charge in [0.05, 0.1) is 5.57 Å². The normalized spacial score (nSPS) is 25.3. The van der Waals surface area contributed by atoms with Gasteiger partial charge in [-0.2, -0.15) is 0 Å².